The Morgan fingerprint density at radius 3 is 3.08 bits per heavy atom. The summed E-state index contributed by atoms with van der Waals surface area (Å²) in [5.74, 6) is 0.478. The Kier molecular flexibility index (Phi) is 1.61. The minimum absolute atomic E-state index is 0.478. The first kappa shape index (κ1) is 7.35. The van der Waals surface area contributed by atoms with Crippen molar-refractivity contribution in [2.75, 3.05) is 0 Å². The molecule has 0 fully saturated rings. The van der Waals surface area contributed by atoms with E-state index in [2.05, 4.69) is 42.0 Å². The van der Waals surface area contributed by atoms with Crippen LogP contribution in [0.25, 0.3) is 12.2 Å². The number of allylic oxidation sites excluding steroid dienone is 2. The van der Waals surface area contributed by atoms with E-state index in [1.54, 1.807) is 6.33 Å². The third-order valence-corrected chi connectivity index (χ3v) is 2.02. The van der Waals surface area contributed by atoms with Crippen molar-refractivity contribution in [2.45, 2.75) is 13.8 Å². The van der Waals surface area contributed by atoms with E-state index in [1.165, 1.54) is 5.57 Å². The highest BCUT2D eigenvalue weighted by Crippen LogP contribution is 2.06. The highest BCUT2D eigenvalue weighted by Gasteiger charge is 1.99. The Morgan fingerprint density at radius 2 is 2.25 bits per heavy atom. The summed E-state index contributed by atoms with van der Waals surface area (Å²) in [7, 11) is 0. The van der Waals surface area contributed by atoms with Crippen LogP contribution in [0, 0.1) is 5.92 Å². The van der Waals surface area contributed by atoms with Gasteiger partial charge in [0.2, 0.25) is 0 Å². The standard InChI is InChI=1S/C10H12N2/c1-7-3-8(2)5-10-9(4-7)11-6-12-10/h3-7H,1-2H3,(H,11,12). The lowest BCUT2D eigenvalue weighted by Crippen LogP contribution is -2.24. The normalized spacial score (nSPS) is 21.5. The summed E-state index contributed by atoms with van der Waals surface area (Å²) in [4.78, 5) is 7.34. The minimum atomic E-state index is 0.478. The van der Waals surface area contributed by atoms with Gasteiger partial charge in [-0.25, -0.2) is 4.98 Å². The molecule has 1 unspecified atom stereocenters. The van der Waals surface area contributed by atoms with Gasteiger partial charge >= 0.3 is 0 Å². The molecule has 2 rings (SSSR count). The Balaban J connectivity index is 2.74. The van der Waals surface area contributed by atoms with E-state index in [1.807, 2.05) is 0 Å². The molecule has 0 saturated heterocycles. The molecule has 1 heterocycles. The van der Waals surface area contributed by atoms with Crippen LogP contribution in [0.4, 0.5) is 0 Å². The van der Waals surface area contributed by atoms with E-state index in [4.69, 9.17) is 0 Å². The molecule has 2 nitrogen and oxygen atoms in total. The van der Waals surface area contributed by atoms with Gasteiger partial charge < -0.3 is 4.98 Å². The van der Waals surface area contributed by atoms with Crippen LogP contribution in [0.15, 0.2) is 18.0 Å². The molecule has 1 N–H and O–H groups in total. The van der Waals surface area contributed by atoms with Gasteiger partial charge in [0.05, 0.1) is 17.0 Å². The lowest BCUT2D eigenvalue weighted by Gasteiger charge is -1.95. The summed E-state index contributed by atoms with van der Waals surface area (Å²) < 4.78 is 0. The van der Waals surface area contributed by atoms with Crippen molar-refractivity contribution in [3.63, 3.8) is 0 Å². The van der Waals surface area contributed by atoms with Crippen LogP contribution in [0.1, 0.15) is 13.8 Å². The molecule has 0 spiro atoms. The van der Waals surface area contributed by atoms with E-state index in [-0.39, 0.29) is 0 Å². The van der Waals surface area contributed by atoms with Crippen molar-refractivity contribution in [2.24, 2.45) is 5.92 Å². The fraction of sp³-hybridized carbons (Fsp3) is 0.300. The number of hydrogen-bond donors (Lipinski definition) is 1. The zero-order valence-corrected chi connectivity index (χ0v) is 7.33. The maximum atomic E-state index is 4.23. The predicted octanol–water partition coefficient (Wildman–Crippen LogP) is 0.567. The second kappa shape index (κ2) is 2.63. The summed E-state index contributed by atoms with van der Waals surface area (Å²) in [5.41, 5.74) is 1.29. The largest absolute Gasteiger partial charge is 0.345 e. The van der Waals surface area contributed by atoms with Gasteiger partial charge in [-0.3, -0.25) is 0 Å². The first-order valence-electron chi connectivity index (χ1n) is 4.17. The number of fused-ring (bicyclic) bond motifs is 1. The fourth-order valence-electron chi connectivity index (χ4n) is 1.55. The van der Waals surface area contributed by atoms with Crippen molar-refractivity contribution in [1.29, 1.82) is 0 Å². The first-order valence-corrected chi connectivity index (χ1v) is 4.17. The van der Waals surface area contributed by atoms with Gasteiger partial charge in [-0.2, -0.15) is 0 Å². The summed E-state index contributed by atoms with van der Waals surface area (Å²) >= 11 is 0. The van der Waals surface area contributed by atoms with Crippen LogP contribution in [-0.2, 0) is 0 Å². The Hall–Kier alpha value is -1.31. The molecule has 1 aromatic heterocycles. The van der Waals surface area contributed by atoms with Crippen LogP contribution < -0.4 is 10.7 Å². The molecule has 12 heavy (non-hydrogen) atoms. The van der Waals surface area contributed by atoms with Gasteiger partial charge in [-0.15, -0.1) is 0 Å². The van der Waals surface area contributed by atoms with Gasteiger partial charge in [-0.1, -0.05) is 18.6 Å². The van der Waals surface area contributed by atoms with Crippen molar-refractivity contribution in [3.05, 3.63) is 28.7 Å². The maximum absolute atomic E-state index is 4.23. The van der Waals surface area contributed by atoms with E-state index < -0.39 is 0 Å². The predicted molar refractivity (Wildman–Crippen MR) is 49.7 cm³/mol. The number of H-pyrrole nitrogens is 1. The molecular weight excluding hydrogens is 148 g/mol. The summed E-state index contributed by atoms with van der Waals surface area (Å²) in [5, 5.41) is 2.18. The second-order valence-electron chi connectivity index (χ2n) is 3.28. The molecule has 1 atom stereocenters. The lowest BCUT2D eigenvalue weighted by atomic mass is 10.1. The van der Waals surface area contributed by atoms with Gasteiger partial charge in [-0.05, 0) is 25.0 Å². The van der Waals surface area contributed by atoms with Gasteiger partial charge in [0.15, 0.2) is 0 Å². The van der Waals surface area contributed by atoms with Gasteiger partial charge in [0, 0.05) is 0 Å². The van der Waals surface area contributed by atoms with Gasteiger partial charge in [0.25, 0.3) is 0 Å². The molecular formula is C10H12N2. The SMILES string of the molecule is CC1=CC(C)C=c2nc[nH]c2=C1. The fourth-order valence-corrected chi connectivity index (χ4v) is 1.55. The number of aromatic amines is 1. The molecule has 0 amide bonds. The molecule has 0 aliphatic heterocycles. The minimum Gasteiger partial charge on any atom is -0.345 e. The Labute approximate surface area is 71.3 Å². The molecule has 0 aromatic carbocycles. The van der Waals surface area contributed by atoms with E-state index in [9.17, 15) is 0 Å². The molecule has 62 valence electrons. The van der Waals surface area contributed by atoms with Crippen molar-refractivity contribution >= 4 is 12.2 Å². The number of aromatic nitrogens is 2. The number of nitrogens with zero attached hydrogens (tertiary/aromatic N) is 1. The van der Waals surface area contributed by atoms with Crippen molar-refractivity contribution in [1.82, 2.24) is 9.97 Å². The highest BCUT2D eigenvalue weighted by molar-refractivity contribution is 5.48. The molecule has 1 aliphatic rings. The zero-order valence-electron chi connectivity index (χ0n) is 7.33. The molecule has 0 bridgehead atoms. The Bertz CT molecular complexity index is 423. The van der Waals surface area contributed by atoms with Crippen LogP contribution >= 0.6 is 0 Å². The average molecular weight is 160 g/mol. The van der Waals surface area contributed by atoms with E-state index in [0.717, 1.165) is 10.7 Å². The van der Waals surface area contributed by atoms with Crippen LogP contribution in [0.2, 0.25) is 0 Å². The van der Waals surface area contributed by atoms with Gasteiger partial charge in [0.1, 0.15) is 0 Å². The third-order valence-electron chi connectivity index (χ3n) is 2.02. The van der Waals surface area contributed by atoms with Crippen LogP contribution in [0.5, 0.6) is 0 Å². The molecule has 2 heteroatoms. The molecule has 1 aliphatic carbocycles. The summed E-state index contributed by atoms with van der Waals surface area (Å²) in [6.07, 6.45) is 8.26. The summed E-state index contributed by atoms with van der Waals surface area (Å²) in [6.45, 7) is 4.28. The smallest absolute Gasteiger partial charge is 0.0931 e. The number of nitrogens with one attached hydrogen (secondary N) is 1. The first-order chi connectivity index (χ1) is 5.75. The van der Waals surface area contributed by atoms with E-state index >= 15 is 0 Å². The quantitative estimate of drug-likeness (QED) is 0.590. The van der Waals surface area contributed by atoms with E-state index in [0.29, 0.717) is 5.92 Å². The van der Waals surface area contributed by atoms with Crippen LogP contribution in [-0.4, -0.2) is 9.97 Å². The maximum Gasteiger partial charge on any atom is 0.0931 e. The number of hydrogen-bond acceptors (Lipinski definition) is 1. The topological polar surface area (TPSA) is 28.7 Å². The monoisotopic (exact) mass is 160 g/mol. The highest BCUT2D eigenvalue weighted by atomic mass is 14.8. The number of imidazole rings is 1. The third kappa shape index (κ3) is 1.20. The molecule has 1 aromatic rings. The van der Waals surface area contributed by atoms with Crippen molar-refractivity contribution < 1.29 is 0 Å². The molecule has 0 radical (unpaired) electrons. The van der Waals surface area contributed by atoms with Crippen LogP contribution in [0.3, 0.4) is 0 Å². The Morgan fingerprint density at radius 1 is 1.42 bits per heavy atom. The second-order valence-corrected chi connectivity index (χ2v) is 3.28. The number of rotatable bonds is 0. The zero-order chi connectivity index (χ0) is 8.55. The summed E-state index contributed by atoms with van der Waals surface area (Å²) in [6, 6.07) is 0. The molecule has 0 saturated carbocycles. The van der Waals surface area contributed by atoms with Crippen molar-refractivity contribution in [3.8, 4) is 0 Å². The lowest BCUT2D eigenvalue weighted by molar-refractivity contribution is 0.983. The average Bonchev–Trinajstić information content (AvgIpc) is 2.31.